The van der Waals surface area contributed by atoms with E-state index in [9.17, 15) is 0 Å². The summed E-state index contributed by atoms with van der Waals surface area (Å²) in [6.07, 6.45) is 4.21. The number of likely N-dealkylation sites (N-methyl/N-ethyl adjacent to an activating group) is 1. The zero-order chi connectivity index (χ0) is 10.6. The van der Waals surface area contributed by atoms with E-state index in [1.165, 1.54) is 19.3 Å². The van der Waals surface area contributed by atoms with Crippen LogP contribution in [0, 0.1) is 11.8 Å². The lowest BCUT2D eigenvalue weighted by atomic mass is 9.87. The molecular weight excluding hydrogens is 174 g/mol. The van der Waals surface area contributed by atoms with E-state index in [-0.39, 0.29) is 0 Å². The number of hydrogen-bond acceptors (Lipinski definition) is 2. The van der Waals surface area contributed by atoms with Crippen LogP contribution in [0.1, 0.15) is 40.0 Å². The third-order valence-corrected chi connectivity index (χ3v) is 3.49. The van der Waals surface area contributed by atoms with Gasteiger partial charge in [-0.05, 0) is 31.7 Å². The minimum atomic E-state index is 0.432. The highest BCUT2D eigenvalue weighted by Crippen LogP contribution is 2.27. The molecule has 1 N–H and O–H groups in total. The molecule has 1 aliphatic heterocycles. The SMILES string of the molecule is CCCC(C)C(NC)C1OCCC1C. The lowest BCUT2D eigenvalue weighted by molar-refractivity contribution is 0.0447. The Morgan fingerprint density at radius 1 is 1.50 bits per heavy atom. The van der Waals surface area contributed by atoms with Crippen LogP contribution in [0.15, 0.2) is 0 Å². The van der Waals surface area contributed by atoms with Crippen LogP contribution in [0.3, 0.4) is 0 Å². The molecule has 0 radical (unpaired) electrons. The first-order valence-electron chi connectivity index (χ1n) is 5.99. The van der Waals surface area contributed by atoms with E-state index in [1.54, 1.807) is 0 Å². The topological polar surface area (TPSA) is 21.3 Å². The molecule has 1 saturated heterocycles. The van der Waals surface area contributed by atoms with Crippen LogP contribution >= 0.6 is 0 Å². The van der Waals surface area contributed by atoms with Gasteiger partial charge in [-0.25, -0.2) is 0 Å². The fourth-order valence-electron chi connectivity index (χ4n) is 2.58. The van der Waals surface area contributed by atoms with Gasteiger partial charge in [-0.3, -0.25) is 0 Å². The summed E-state index contributed by atoms with van der Waals surface area (Å²) >= 11 is 0. The number of rotatable bonds is 5. The van der Waals surface area contributed by atoms with Crippen molar-refractivity contribution in [1.82, 2.24) is 5.32 Å². The molecule has 1 aliphatic rings. The van der Waals surface area contributed by atoms with Crippen LogP contribution < -0.4 is 5.32 Å². The summed E-state index contributed by atoms with van der Waals surface area (Å²) in [5, 5.41) is 3.43. The van der Waals surface area contributed by atoms with Gasteiger partial charge in [-0.1, -0.05) is 27.2 Å². The summed E-state index contributed by atoms with van der Waals surface area (Å²) in [6.45, 7) is 7.84. The summed E-state index contributed by atoms with van der Waals surface area (Å²) in [4.78, 5) is 0. The molecule has 0 amide bonds. The molecule has 0 aromatic rings. The number of ether oxygens (including phenoxy) is 1. The van der Waals surface area contributed by atoms with Crippen molar-refractivity contribution >= 4 is 0 Å². The van der Waals surface area contributed by atoms with E-state index in [2.05, 4.69) is 33.1 Å². The van der Waals surface area contributed by atoms with Gasteiger partial charge in [-0.2, -0.15) is 0 Å². The van der Waals surface area contributed by atoms with Gasteiger partial charge < -0.3 is 10.1 Å². The van der Waals surface area contributed by atoms with Crippen molar-refractivity contribution in [2.75, 3.05) is 13.7 Å². The average Bonchev–Trinajstić information content (AvgIpc) is 2.54. The minimum Gasteiger partial charge on any atom is -0.376 e. The monoisotopic (exact) mass is 199 g/mol. The summed E-state index contributed by atoms with van der Waals surface area (Å²) in [5.74, 6) is 1.43. The molecule has 84 valence electrons. The van der Waals surface area contributed by atoms with Gasteiger partial charge in [0.25, 0.3) is 0 Å². The Labute approximate surface area is 88.4 Å². The predicted molar refractivity (Wildman–Crippen MR) is 60.4 cm³/mol. The summed E-state index contributed by atoms with van der Waals surface area (Å²) in [6, 6.07) is 0.535. The van der Waals surface area contributed by atoms with E-state index in [0.29, 0.717) is 18.1 Å². The summed E-state index contributed by atoms with van der Waals surface area (Å²) in [7, 11) is 2.06. The van der Waals surface area contributed by atoms with Crippen LogP contribution in [-0.4, -0.2) is 25.8 Å². The lowest BCUT2D eigenvalue weighted by Crippen LogP contribution is -2.44. The Balaban J connectivity index is 2.51. The highest BCUT2D eigenvalue weighted by Gasteiger charge is 2.33. The molecule has 2 nitrogen and oxygen atoms in total. The van der Waals surface area contributed by atoms with Crippen LogP contribution in [-0.2, 0) is 4.74 Å². The van der Waals surface area contributed by atoms with Gasteiger partial charge in [0.1, 0.15) is 0 Å². The van der Waals surface area contributed by atoms with Crippen LogP contribution in [0.2, 0.25) is 0 Å². The Morgan fingerprint density at radius 3 is 2.64 bits per heavy atom. The molecule has 0 aromatic carbocycles. The maximum absolute atomic E-state index is 5.82. The van der Waals surface area contributed by atoms with Crippen molar-refractivity contribution in [2.24, 2.45) is 11.8 Å². The highest BCUT2D eigenvalue weighted by molar-refractivity contribution is 4.87. The average molecular weight is 199 g/mol. The van der Waals surface area contributed by atoms with E-state index in [0.717, 1.165) is 12.5 Å². The molecule has 0 saturated carbocycles. The fraction of sp³-hybridized carbons (Fsp3) is 1.00. The Bertz CT molecular complexity index is 160. The Hall–Kier alpha value is -0.0800. The van der Waals surface area contributed by atoms with Gasteiger partial charge in [-0.15, -0.1) is 0 Å². The van der Waals surface area contributed by atoms with Crippen molar-refractivity contribution in [3.05, 3.63) is 0 Å². The molecule has 0 aromatic heterocycles. The Kier molecular flexibility index (Phi) is 4.90. The van der Waals surface area contributed by atoms with Crippen LogP contribution in [0.5, 0.6) is 0 Å². The zero-order valence-corrected chi connectivity index (χ0v) is 10.0. The maximum atomic E-state index is 5.82. The normalized spacial score (nSPS) is 31.7. The van der Waals surface area contributed by atoms with Crippen molar-refractivity contribution in [1.29, 1.82) is 0 Å². The molecule has 14 heavy (non-hydrogen) atoms. The van der Waals surface area contributed by atoms with Crippen molar-refractivity contribution < 1.29 is 4.74 Å². The van der Waals surface area contributed by atoms with Gasteiger partial charge in [0.15, 0.2) is 0 Å². The molecular formula is C12H25NO. The van der Waals surface area contributed by atoms with Gasteiger partial charge in [0.05, 0.1) is 6.10 Å². The second kappa shape index (κ2) is 5.72. The maximum Gasteiger partial charge on any atom is 0.0756 e. The third-order valence-electron chi connectivity index (χ3n) is 3.49. The Morgan fingerprint density at radius 2 is 2.21 bits per heavy atom. The second-order valence-corrected chi connectivity index (χ2v) is 4.68. The van der Waals surface area contributed by atoms with Crippen molar-refractivity contribution in [3.8, 4) is 0 Å². The van der Waals surface area contributed by atoms with Crippen LogP contribution in [0.25, 0.3) is 0 Å². The quantitative estimate of drug-likeness (QED) is 0.734. The van der Waals surface area contributed by atoms with E-state index in [1.807, 2.05) is 0 Å². The number of nitrogens with one attached hydrogen (secondary N) is 1. The molecule has 0 spiro atoms. The lowest BCUT2D eigenvalue weighted by Gasteiger charge is -2.30. The molecule has 4 atom stereocenters. The minimum absolute atomic E-state index is 0.432. The molecule has 1 fully saturated rings. The molecule has 4 unspecified atom stereocenters. The second-order valence-electron chi connectivity index (χ2n) is 4.68. The first-order chi connectivity index (χ1) is 6.70. The van der Waals surface area contributed by atoms with Gasteiger partial charge >= 0.3 is 0 Å². The molecule has 0 aliphatic carbocycles. The summed E-state index contributed by atoms with van der Waals surface area (Å²) < 4.78 is 5.82. The molecule has 2 heteroatoms. The van der Waals surface area contributed by atoms with Gasteiger partial charge in [0, 0.05) is 12.6 Å². The van der Waals surface area contributed by atoms with Gasteiger partial charge in [0.2, 0.25) is 0 Å². The first-order valence-corrected chi connectivity index (χ1v) is 5.99. The van der Waals surface area contributed by atoms with E-state index >= 15 is 0 Å². The smallest absolute Gasteiger partial charge is 0.0756 e. The predicted octanol–water partition coefficient (Wildman–Crippen LogP) is 2.44. The van der Waals surface area contributed by atoms with Crippen LogP contribution in [0.4, 0.5) is 0 Å². The third kappa shape index (κ3) is 2.71. The van der Waals surface area contributed by atoms with Crippen molar-refractivity contribution in [3.63, 3.8) is 0 Å². The van der Waals surface area contributed by atoms with E-state index < -0.39 is 0 Å². The highest BCUT2D eigenvalue weighted by atomic mass is 16.5. The van der Waals surface area contributed by atoms with E-state index in [4.69, 9.17) is 4.74 Å². The zero-order valence-electron chi connectivity index (χ0n) is 10.0. The molecule has 1 heterocycles. The standard InChI is InChI=1S/C12H25NO/c1-5-6-9(2)11(13-4)12-10(3)7-8-14-12/h9-13H,5-8H2,1-4H3. The number of hydrogen-bond donors (Lipinski definition) is 1. The van der Waals surface area contributed by atoms with Crippen molar-refractivity contribution in [2.45, 2.75) is 52.2 Å². The summed E-state index contributed by atoms with van der Waals surface area (Å²) in [5.41, 5.74) is 0. The molecule has 1 rings (SSSR count). The molecule has 0 bridgehead atoms. The first kappa shape index (κ1) is 12.0. The largest absolute Gasteiger partial charge is 0.376 e. The fourth-order valence-corrected chi connectivity index (χ4v) is 2.58.